The van der Waals surface area contributed by atoms with E-state index in [2.05, 4.69) is 42.3 Å². The Labute approximate surface area is 153 Å². The summed E-state index contributed by atoms with van der Waals surface area (Å²) in [5.74, 6) is 0. The van der Waals surface area contributed by atoms with Crippen LogP contribution in [0.15, 0.2) is 51.7 Å². The molecule has 3 aromatic rings. The molecule has 1 aromatic heterocycles. The smallest absolute Gasteiger partial charge is 0.341 e. The van der Waals surface area contributed by atoms with Crippen LogP contribution in [-0.2, 0) is 6.54 Å². The number of para-hydroxylation sites is 1. The van der Waals surface area contributed by atoms with Crippen LogP contribution in [0.4, 0.5) is 0 Å². The van der Waals surface area contributed by atoms with E-state index < -0.39 is 0 Å². The van der Waals surface area contributed by atoms with E-state index in [9.17, 15) is 4.79 Å². The fraction of sp³-hybridized carbons (Fsp3) is 0.318. The Morgan fingerprint density at radius 2 is 1.81 bits per heavy atom. The maximum Gasteiger partial charge on any atom is 0.341 e. The van der Waals surface area contributed by atoms with Gasteiger partial charge in [0.05, 0.1) is 5.56 Å². The normalized spacial score (nSPS) is 15.5. The molecule has 1 N–H and O–H groups in total. The lowest BCUT2D eigenvalue weighted by Gasteiger charge is -2.27. The molecule has 1 aliphatic heterocycles. The minimum atomic E-state index is -0.226. The Morgan fingerprint density at radius 1 is 1.04 bits per heavy atom. The van der Waals surface area contributed by atoms with E-state index in [1.54, 1.807) is 0 Å². The summed E-state index contributed by atoms with van der Waals surface area (Å²) in [7, 11) is 0. The van der Waals surface area contributed by atoms with E-state index in [0.717, 1.165) is 48.3 Å². The van der Waals surface area contributed by atoms with Crippen molar-refractivity contribution in [2.45, 2.75) is 20.4 Å². The summed E-state index contributed by atoms with van der Waals surface area (Å²) in [6.07, 6.45) is 0. The Bertz CT molecular complexity index is 1000. The van der Waals surface area contributed by atoms with E-state index in [4.69, 9.17) is 4.42 Å². The number of piperazine rings is 1. The van der Waals surface area contributed by atoms with Crippen molar-refractivity contribution in [2.24, 2.45) is 0 Å². The number of nitrogens with zero attached hydrogens (tertiary/aromatic N) is 1. The van der Waals surface area contributed by atoms with Crippen LogP contribution in [0.3, 0.4) is 0 Å². The van der Waals surface area contributed by atoms with Crippen molar-refractivity contribution in [2.75, 3.05) is 26.2 Å². The molecule has 2 aromatic carbocycles. The Hall–Kier alpha value is -2.43. The predicted molar refractivity (Wildman–Crippen MR) is 106 cm³/mol. The molecule has 1 aliphatic rings. The minimum Gasteiger partial charge on any atom is -0.422 e. The molecule has 0 spiro atoms. The molecular formula is C22H24N2O2. The standard InChI is InChI=1S/C22H24N2O2/c1-15-7-8-17(13-16(15)2)21-18-5-3-4-6-20(18)26-22(25)19(21)14-24-11-9-23-10-12-24/h3-8,13,23H,9-12,14H2,1-2H3. The number of hydrogen-bond donors (Lipinski definition) is 1. The molecule has 26 heavy (non-hydrogen) atoms. The van der Waals surface area contributed by atoms with Gasteiger partial charge in [0.1, 0.15) is 5.58 Å². The van der Waals surface area contributed by atoms with Gasteiger partial charge < -0.3 is 9.73 Å². The first-order valence-electron chi connectivity index (χ1n) is 9.19. The third-order valence-electron chi connectivity index (χ3n) is 5.29. The minimum absolute atomic E-state index is 0.226. The van der Waals surface area contributed by atoms with Crippen LogP contribution in [0.5, 0.6) is 0 Å². The van der Waals surface area contributed by atoms with Gasteiger partial charge in [-0.1, -0.05) is 36.4 Å². The lowest BCUT2D eigenvalue weighted by Crippen LogP contribution is -2.43. The van der Waals surface area contributed by atoms with Crippen LogP contribution in [0, 0.1) is 13.8 Å². The first-order chi connectivity index (χ1) is 12.6. The number of rotatable bonds is 3. The maximum absolute atomic E-state index is 12.8. The number of aryl methyl sites for hydroxylation is 2. The third-order valence-corrected chi connectivity index (χ3v) is 5.29. The van der Waals surface area contributed by atoms with E-state index in [1.807, 2.05) is 24.3 Å². The summed E-state index contributed by atoms with van der Waals surface area (Å²) < 4.78 is 5.65. The molecule has 0 amide bonds. The summed E-state index contributed by atoms with van der Waals surface area (Å²) in [5, 5.41) is 4.36. The SMILES string of the molecule is Cc1ccc(-c2c(CN3CCNCC3)c(=O)oc3ccccc23)cc1C. The van der Waals surface area contributed by atoms with Gasteiger partial charge in [-0.15, -0.1) is 0 Å². The highest BCUT2D eigenvalue weighted by molar-refractivity contribution is 5.95. The highest BCUT2D eigenvalue weighted by Crippen LogP contribution is 2.32. The maximum atomic E-state index is 12.8. The number of benzene rings is 2. The van der Waals surface area contributed by atoms with Gasteiger partial charge in [-0.25, -0.2) is 4.79 Å². The van der Waals surface area contributed by atoms with Crippen molar-refractivity contribution in [3.63, 3.8) is 0 Å². The summed E-state index contributed by atoms with van der Waals surface area (Å²) in [4.78, 5) is 15.2. The number of fused-ring (bicyclic) bond motifs is 1. The van der Waals surface area contributed by atoms with Gasteiger partial charge in [0.25, 0.3) is 0 Å². The molecule has 0 bridgehead atoms. The van der Waals surface area contributed by atoms with Gasteiger partial charge in [0.15, 0.2) is 0 Å². The second-order valence-electron chi connectivity index (χ2n) is 7.06. The van der Waals surface area contributed by atoms with Crippen molar-refractivity contribution < 1.29 is 4.42 Å². The Balaban J connectivity index is 1.92. The molecule has 0 radical (unpaired) electrons. The molecule has 1 saturated heterocycles. The first-order valence-corrected chi connectivity index (χ1v) is 9.19. The summed E-state index contributed by atoms with van der Waals surface area (Å²) >= 11 is 0. The van der Waals surface area contributed by atoms with Crippen molar-refractivity contribution in [3.05, 3.63) is 69.6 Å². The molecular weight excluding hydrogens is 324 g/mol. The van der Waals surface area contributed by atoms with Gasteiger partial charge in [-0.2, -0.15) is 0 Å². The topological polar surface area (TPSA) is 45.5 Å². The monoisotopic (exact) mass is 348 g/mol. The van der Waals surface area contributed by atoms with E-state index in [-0.39, 0.29) is 5.63 Å². The first kappa shape index (κ1) is 17.0. The molecule has 134 valence electrons. The molecule has 0 saturated carbocycles. The number of nitrogens with one attached hydrogen (secondary N) is 1. The van der Waals surface area contributed by atoms with E-state index in [1.165, 1.54) is 11.1 Å². The van der Waals surface area contributed by atoms with Crippen molar-refractivity contribution >= 4 is 11.0 Å². The van der Waals surface area contributed by atoms with Crippen molar-refractivity contribution in [1.82, 2.24) is 10.2 Å². The molecule has 2 heterocycles. The Morgan fingerprint density at radius 3 is 2.58 bits per heavy atom. The quantitative estimate of drug-likeness (QED) is 0.736. The van der Waals surface area contributed by atoms with Gasteiger partial charge >= 0.3 is 5.63 Å². The Kier molecular flexibility index (Phi) is 4.62. The fourth-order valence-electron chi connectivity index (χ4n) is 3.65. The van der Waals surface area contributed by atoms with Gasteiger partial charge in [-0.3, -0.25) is 4.90 Å². The molecule has 4 heteroatoms. The lowest BCUT2D eigenvalue weighted by atomic mass is 9.94. The van der Waals surface area contributed by atoms with Crippen molar-refractivity contribution in [1.29, 1.82) is 0 Å². The highest BCUT2D eigenvalue weighted by atomic mass is 16.4. The zero-order valence-electron chi connectivity index (χ0n) is 15.3. The highest BCUT2D eigenvalue weighted by Gasteiger charge is 2.20. The van der Waals surface area contributed by atoms with E-state index in [0.29, 0.717) is 12.1 Å². The molecule has 1 fully saturated rings. The molecule has 0 unspecified atom stereocenters. The lowest BCUT2D eigenvalue weighted by molar-refractivity contribution is 0.231. The second-order valence-corrected chi connectivity index (χ2v) is 7.06. The molecule has 0 aliphatic carbocycles. The van der Waals surface area contributed by atoms with Crippen LogP contribution in [-0.4, -0.2) is 31.1 Å². The molecule has 4 nitrogen and oxygen atoms in total. The summed E-state index contributed by atoms with van der Waals surface area (Å²) in [5.41, 5.74) is 5.76. The van der Waals surface area contributed by atoms with Crippen LogP contribution < -0.4 is 10.9 Å². The van der Waals surface area contributed by atoms with Crippen LogP contribution in [0.25, 0.3) is 22.1 Å². The fourth-order valence-corrected chi connectivity index (χ4v) is 3.65. The third kappa shape index (κ3) is 3.18. The summed E-state index contributed by atoms with van der Waals surface area (Å²) in [6, 6.07) is 14.2. The van der Waals surface area contributed by atoms with Crippen LogP contribution in [0.1, 0.15) is 16.7 Å². The van der Waals surface area contributed by atoms with Gasteiger partial charge in [0, 0.05) is 43.7 Å². The zero-order valence-corrected chi connectivity index (χ0v) is 15.3. The molecule has 0 atom stereocenters. The zero-order chi connectivity index (χ0) is 18.1. The predicted octanol–water partition coefficient (Wildman–Crippen LogP) is 3.48. The van der Waals surface area contributed by atoms with Crippen molar-refractivity contribution in [3.8, 4) is 11.1 Å². The van der Waals surface area contributed by atoms with Gasteiger partial charge in [0.2, 0.25) is 0 Å². The largest absolute Gasteiger partial charge is 0.422 e. The summed E-state index contributed by atoms with van der Waals surface area (Å²) in [6.45, 7) is 8.64. The van der Waals surface area contributed by atoms with Gasteiger partial charge in [-0.05, 0) is 36.6 Å². The molecule has 4 rings (SSSR count). The average molecular weight is 348 g/mol. The second kappa shape index (κ2) is 7.06. The van der Waals surface area contributed by atoms with E-state index >= 15 is 0 Å². The van der Waals surface area contributed by atoms with Crippen LogP contribution in [0.2, 0.25) is 0 Å². The van der Waals surface area contributed by atoms with Crippen LogP contribution >= 0.6 is 0 Å². The average Bonchev–Trinajstić information content (AvgIpc) is 2.65. The number of hydrogen-bond acceptors (Lipinski definition) is 4.